The number of hydrogen-bond acceptors (Lipinski definition) is 4. The average Bonchev–Trinajstić information content (AvgIpc) is 2.89. The lowest BCUT2D eigenvalue weighted by atomic mass is 9.98. The van der Waals surface area contributed by atoms with E-state index in [0.717, 1.165) is 15.4 Å². The lowest BCUT2D eigenvalue weighted by molar-refractivity contribution is 0.0472. The van der Waals surface area contributed by atoms with E-state index in [1.807, 2.05) is 36.5 Å². The van der Waals surface area contributed by atoms with E-state index in [1.54, 1.807) is 11.3 Å². The van der Waals surface area contributed by atoms with Crippen LogP contribution in [0.15, 0.2) is 36.5 Å². The molecule has 1 aromatic heterocycles. The molecule has 0 fully saturated rings. The van der Waals surface area contributed by atoms with E-state index in [0.29, 0.717) is 13.2 Å². The molecule has 0 saturated carbocycles. The van der Waals surface area contributed by atoms with Crippen molar-refractivity contribution >= 4 is 11.3 Å². The molecule has 108 valence electrons. The van der Waals surface area contributed by atoms with Crippen molar-refractivity contribution in [3.8, 4) is 0 Å². The van der Waals surface area contributed by atoms with Crippen molar-refractivity contribution in [1.29, 1.82) is 0 Å². The molecule has 0 aliphatic carbocycles. The predicted octanol–water partition coefficient (Wildman–Crippen LogP) is 3.66. The maximum atomic E-state index is 5.93. The van der Waals surface area contributed by atoms with Crippen LogP contribution in [0.1, 0.15) is 42.3 Å². The summed E-state index contributed by atoms with van der Waals surface area (Å²) in [5.41, 5.74) is 7.02. The van der Waals surface area contributed by atoms with E-state index in [2.05, 4.69) is 25.8 Å². The van der Waals surface area contributed by atoms with Crippen LogP contribution in [-0.4, -0.2) is 11.5 Å². The van der Waals surface area contributed by atoms with Crippen molar-refractivity contribution in [3.05, 3.63) is 52.0 Å². The first-order valence-corrected chi connectivity index (χ1v) is 7.64. The molecule has 0 spiro atoms. The Morgan fingerprint density at radius 2 is 1.95 bits per heavy atom. The topological polar surface area (TPSA) is 48.1 Å². The van der Waals surface area contributed by atoms with Gasteiger partial charge in [-0.3, -0.25) is 0 Å². The van der Waals surface area contributed by atoms with Crippen LogP contribution in [-0.2, 0) is 16.8 Å². The summed E-state index contributed by atoms with van der Waals surface area (Å²) >= 11 is 1.71. The van der Waals surface area contributed by atoms with Gasteiger partial charge in [-0.1, -0.05) is 51.1 Å². The highest BCUT2D eigenvalue weighted by Crippen LogP contribution is 2.28. The molecule has 20 heavy (non-hydrogen) atoms. The number of ether oxygens (including phenoxy) is 1. The summed E-state index contributed by atoms with van der Waals surface area (Å²) in [6.45, 7) is 7.55. The second-order valence-corrected chi connectivity index (χ2v) is 6.94. The summed E-state index contributed by atoms with van der Waals surface area (Å²) in [5, 5.41) is 1.14. The molecule has 1 aromatic carbocycles. The molecule has 0 radical (unpaired) electrons. The normalized spacial score (nSPS) is 13.4. The van der Waals surface area contributed by atoms with Gasteiger partial charge in [-0.2, -0.15) is 0 Å². The molecule has 2 aromatic rings. The van der Waals surface area contributed by atoms with Gasteiger partial charge in [-0.15, -0.1) is 11.3 Å². The number of aromatic nitrogens is 1. The number of hydrogen-bond donors (Lipinski definition) is 1. The minimum Gasteiger partial charge on any atom is -0.367 e. The number of nitrogens with two attached hydrogens (primary N) is 1. The molecular formula is C16H22N2OS. The molecule has 1 atom stereocenters. The van der Waals surface area contributed by atoms with Crippen molar-refractivity contribution in [1.82, 2.24) is 4.98 Å². The van der Waals surface area contributed by atoms with Crippen LogP contribution in [0.3, 0.4) is 0 Å². The highest BCUT2D eigenvalue weighted by atomic mass is 32.1. The van der Waals surface area contributed by atoms with Crippen LogP contribution >= 0.6 is 11.3 Å². The van der Waals surface area contributed by atoms with Gasteiger partial charge in [-0.05, 0) is 5.56 Å². The zero-order chi connectivity index (χ0) is 14.6. The van der Waals surface area contributed by atoms with E-state index >= 15 is 0 Å². The molecule has 0 aliphatic rings. The van der Waals surface area contributed by atoms with Gasteiger partial charge in [0.1, 0.15) is 0 Å². The number of nitrogens with zero attached hydrogens (tertiary/aromatic N) is 1. The third-order valence-electron chi connectivity index (χ3n) is 3.01. The Kier molecular flexibility index (Phi) is 4.91. The van der Waals surface area contributed by atoms with Gasteiger partial charge in [0.15, 0.2) is 0 Å². The third-order valence-corrected chi connectivity index (χ3v) is 4.40. The first-order valence-electron chi connectivity index (χ1n) is 6.82. The molecule has 3 nitrogen and oxygen atoms in total. The molecule has 0 saturated heterocycles. The monoisotopic (exact) mass is 290 g/mol. The Morgan fingerprint density at radius 1 is 1.25 bits per heavy atom. The quantitative estimate of drug-likeness (QED) is 0.914. The molecule has 2 rings (SSSR count). The maximum absolute atomic E-state index is 5.93. The van der Waals surface area contributed by atoms with E-state index in [9.17, 15) is 0 Å². The Hall–Kier alpha value is -1.23. The fraction of sp³-hybridized carbons (Fsp3) is 0.438. The standard InChI is InChI=1S/C16H22N2OS/c1-16(2,3)15-18-10-13(20-15)11-19-14(9-17)12-7-5-4-6-8-12/h4-8,10,14H,9,11,17H2,1-3H3/t14-/m0/s1. The Balaban J connectivity index is 1.99. The Morgan fingerprint density at radius 3 is 2.50 bits per heavy atom. The van der Waals surface area contributed by atoms with E-state index in [-0.39, 0.29) is 11.5 Å². The molecule has 0 bridgehead atoms. The minimum absolute atomic E-state index is 0.0589. The fourth-order valence-electron chi connectivity index (χ4n) is 1.87. The Labute approximate surface area is 124 Å². The second kappa shape index (κ2) is 6.48. The molecule has 1 heterocycles. The summed E-state index contributed by atoms with van der Waals surface area (Å²) in [7, 11) is 0. The highest BCUT2D eigenvalue weighted by molar-refractivity contribution is 7.11. The van der Waals surface area contributed by atoms with Crippen molar-refractivity contribution in [2.45, 2.75) is 38.9 Å². The number of benzene rings is 1. The smallest absolute Gasteiger partial charge is 0.0982 e. The summed E-state index contributed by atoms with van der Waals surface area (Å²) in [6.07, 6.45) is 1.85. The van der Waals surface area contributed by atoms with Crippen LogP contribution in [0.2, 0.25) is 0 Å². The van der Waals surface area contributed by atoms with Gasteiger partial charge in [0.05, 0.1) is 22.6 Å². The molecule has 0 aliphatic heterocycles. The van der Waals surface area contributed by atoms with E-state index in [4.69, 9.17) is 10.5 Å². The minimum atomic E-state index is -0.0589. The first-order chi connectivity index (χ1) is 9.50. The van der Waals surface area contributed by atoms with E-state index in [1.165, 1.54) is 0 Å². The summed E-state index contributed by atoms with van der Waals surface area (Å²) in [5.74, 6) is 0. The van der Waals surface area contributed by atoms with Gasteiger partial charge < -0.3 is 10.5 Å². The zero-order valence-electron chi connectivity index (χ0n) is 12.3. The van der Waals surface area contributed by atoms with Gasteiger partial charge in [0, 0.05) is 18.2 Å². The summed E-state index contributed by atoms with van der Waals surface area (Å²) in [4.78, 5) is 5.61. The largest absolute Gasteiger partial charge is 0.367 e. The maximum Gasteiger partial charge on any atom is 0.0982 e. The Bertz CT molecular complexity index is 531. The third kappa shape index (κ3) is 3.88. The second-order valence-electron chi connectivity index (χ2n) is 5.83. The van der Waals surface area contributed by atoms with Gasteiger partial charge in [-0.25, -0.2) is 4.98 Å². The van der Waals surface area contributed by atoms with Crippen molar-refractivity contribution in [2.24, 2.45) is 5.73 Å². The molecule has 2 N–H and O–H groups in total. The average molecular weight is 290 g/mol. The lowest BCUT2D eigenvalue weighted by Crippen LogP contribution is -2.15. The molecule has 0 amide bonds. The van der Waals surface area contributed by atoms with Crippen LogP contribution in [0.4, 0.5) is 0 Å². The van der Waals surface area contributed by atoms with Gasteiger partial charge in [0.2, 0.25) is 0 Å². The summed E-state index contributed by atoms with van der Waals surface area (Å²) < 4.78 is 5.93. The van der Waals surface area contributed by atoms with Crippen molar-refractivity contribution < 1.29 is 4.74 Å². The van der Waals surface area contributed by atoms with Crippen LogP contribution in [0.25, 0.3) is 0 Å². The van der Waals surface area contributed by atoms with Gasteiger partial charge in [0.25, 0.3) is 0 Å². The summed E-state index contributed by atoms with van der Waals surface area (Å²) in [6, 6.07) is 10.1. The first kappa shape index (κ1) is 15.2. The van der Waals surface area contributed by atoms with Crippen LogP contribution < -0.4 is 5.73 Å². The predicted molar refractivity (Wildman–Crippen MR) is 83.8 cm³/mol. The number of rotatable bonds is 5. The van der Waals surface area contributed by atoms with Crippen LogP contribution in [0, 0.1) is 0 Å². The zero-order valence-corrected chi connectivity index (χ0v) is 13.1. The lowest BCUT2D eigenvalue weighted by Gasteiger charge is -2.16. The van der Waals surface area contributed by atoms with Crippen LogP contribution in [0.5, 0.6) is 0 Å². The van der Waals surface area contributed by atoms with Crippen molar-refractivity contribution in [2.75, 3.05) is 6.54 Å². The van der Waals surface area contributed by atoms with Crippen molar-refractivity contribution in [3.63, 3.8) is 0 Å². The molecule has 4 heteroatoms. The SMILES string of the molecule is CC(C)(C)c1ncc(CO[C@@H](CN)c2ccccc2)s1. The van der Waals surface area contributed by atoms with E-state index < -0.39 is 0 Å². The number of thiazole rings is 1. The molecular weight excluding hydrogens is 268 g/mol. The molecule has 0 unspecified atom stereocenters. The highest BCUT2D eigenvalue weighted by Gasteiger charge is 2.18. The van der Waals surface area contributed by atoms with Gasteiger partial charge >= 0.3 is 0 Å². The fourth-order valence-corrected chi connectivity index (χ4v) is 2.76.